The maximum Gasteiger partial charge on any atom is 0.331 e. The summed E-state index contributed by atoms with van der Waals surface area (Å²) in [6.07, 6.45) is 3.00. The molecule has 0 aliphatic carbocycles. The molecule has 2 aromatic heterocycles. The largest absolute Gasteiger partial charge is 0.467 e. The second-order valence-electron chi connectivity index (χ2n) is 6.58. The van der Waals surface area contributed by atoms with Crippen molar-refractivity contribution in [1.29, 1.82) is 0 Å². The second-order valence-corrected chi connectivity index (χ2v) is 6.58. The van der Waals surface area contributed by atoms with Crippen LogP contribution in [0.3, 0.4) is 0 Å². The van der Waals surface area contributed by atoms with Crippen molar-refractivity contribution in [3.8, 4) is 0 Å². The van der Waals surface area contributed by atoms with Crippen molar-refractivity contribution >= 4 is 23.9 Å². The van der Waals surface area contributed by atoms with Crippen molar-refractivity contribution in [1.82, 2.24) is 14.8 Å². The highest BCUT2D eigenvalue weighted by Gasteiger charge is 2.36. The third-order valence-corrected chi connectivity index (χ3v) is 4.42. The van der Waals surface area contributed by atoms with E-state index in [0.29, 0.717) is 5.76 Å². The first-order valence-electron chi connectivity index (χ1n) is 8.39. The summed E-state index contributed by atoms with van der Waals surface area (Å²) in [6.45, 7) is 8.02. The average molecular weight is 355 g/mol. The lowest BCUT2D eigenvalue weighted by atomic mass is 10.1. The predicted molar refractivity (Wildman–Crippen MR) is 95.1 cm³/mol. The summed E-state index contributed by atoms with van der Waals surface area (Å²) in [4.78, 5) is 38.0. The van der Waals surface area contributed by atoms with Crippen LogP contribution in [0.2, 0.25) is 0 Å². The van der Waals surface area contributed by atoms with E-state index in [4.69, 9.17) is 4.42 Å². The average Bonchev–Trinajstić information content (AvgIpc) is 3.16. The molecule has 1 aliphatic rings. The van der Waals surface area contributed by atoms with E-state index in [1.165, 1.54) is 6.26 Å². The molecule has 4 amide bonds. The Balaban J connectivity index is 1.97. The van der Waals surface area contributed by atoms with Crippen LogP contribution in [-0.4, -0.2) is 27.3 Å². The van der Waals surface area contributed by atoms with Crippen molar-refractivity contribution in [3.05, 3.63) is 52.7 Å². The minimum Gasteiger partial charge on any atom is -0.467 e. The van der Waals surface area contributed by atoms with Gasteiger partial charge in [0.15, 0.2) is 0 Å². The number of furan rings is 1. The van der Waals surface area contributed by atoms with Crippen LogP contribution in [0.5, 0.6) is 0 Å². The van der Waals surface area contributed by atoms with E-state index in [0.717, 1.165) is 21.9 Å². The summed E-state index contributed by atoms with van der Waals surface area (Å²) in [5.74, 6) is -0.866. The fourth-order valence-electron chi connectivity index (χ4n) is 3.29. The van der Waals surface area contributed by atoms with Gasteiger partial charge in [0.1, 0.15) is 11.3 Å². The van der Waals surface area contributed by atoms with Gasteiger partial charge in [0.2, 0.25) is 0 Å². The summed E-state index contributed by atoms with van der Waals surface area (Å²) in [6, 6.07) is 4.77. The Labute approximate surface area is 151 Å². The molecular formula is C19H21N3O4. The zero-order valence-electron chi connectivity index (χ0n) is 15.2. The number of barbiturate groups is 1. The summed E-state index contributed by atoms with van der Waals surface area (Å²) in [5, 5.41) is 2.22. The number of nitrogens with one attached hydrogen (secondary N) is 1. The molecule has 0 atom stereocenters. The summed E-state index contributed by atoms with van der Waals surface area (Å²) >= 11 is 0. The van der Waals surface area contributed by atoms with Gasteiger partial charge in [-0.2, -0.15) is 0 Å². The van der Waals surface area contributed by atoms with Crippen molar-refractivity contribution in [2.24, 2.45) is 0 Å². The molecule has 0 bridgehead atoms. The van der Waals surface area contributed by atoms with E-state index in [2.05, 4.69) is 23.7 Å². The topological polar surface area (TPSA) is 84.6 Å². The third kappa shape index (κ3) is 3.08. The second kappa shape index (κ2) is 6.67. The Hall–Kier alpha value is -3.09. The lowest BCUT2D eigenvalue weighted by Gasteiger charge is -2.25. The molecule has 0 aromatic carbocycles. The number of amides is 4. The van der Waals surface area contributed by atoms with E-state index in [1.54, 1.807) is 18.2 Å². The molecule has 0 saturated carbocycles. The van der Waals surface area contributed by atoms with Gasteiger partial charge in [-0.25, -0.2) is 4.79 Å². The first-order valence-corrected chi connectivity index (χ1v) is 8.39. The van der Waals surface area contributed by atoms with Gasteiger partial charge in [0, 0.05) is 17.4 Å². The van der Waals surface area contributed by atoms with Crippen LogP contribution in [-0.2, 0) is 16.1 Å². The SMILES string of the molecule is Cc1cc(C=C2C(=O)NC(=O)N(Cc3ccco3)C2=O)c(C)n1C(C)C. The Morgan fingerprint density at radius 2 is 1.96 bits per heavy atom. The number of imide groups is 2. The monoisotopic (exact) mass is 355 g/mol. The summed E-state index contributed by atoms with van der Waals surface area (Å²) in [7, 11) is 0. The molecule has 3 heterocycles. The van der Waals surface area contributed by atoms with Gasteiger partial charge in [0.25, 0.3) is 11.8 Å². The van der Waals surface area contributed by atoms with Crippen LogP contribution in [0.25, 0.3) is 6.08 Å². The number of carbonyl (C=O) groups excluding carboxylic acids is 3. The van der Waals surface area contributed by atoms with Gasteiger partial charge in [0.05, 0.1) is 12.8 Å². The maximum atomic E-state index is 12.7. The van der Waals surface area contributed by atoms with Crippen molar-refractivity contribution < 1.29 is 18.8 Å². The number of nitrogens with zero attached hydrogens (tertiary/aromatic N) is 2. The molecule has 1 N–H and O–H groups in total. The molecule has 1 saturated heterocycles. The fourth-order valence-corrected chi connectivity index (χ4v) is 3.29. The quantitative estimate of drug-likeness (QED) is 0.675. The van der Waals surface area contributed by atoms with E-state index in [-0.39, 0.29) is 18.2 Å². The van der Waals surface area contributed by atoms with E-state index in [1.807, 2.05) is 19.9 Å². The molecule has 0 spiro atoms. The number of aryl methyl sites for hydroxylation is 1. The van der Waals surface area contributed by atoms with E-state index in [9.17, 15) is 14.4 Å². The molecule has 0 radical (unpaired) electrons. The van der Waals surface area contributed by atoms with E-state index < -0.39 is 17.8 Å². The van der Waals surface area contributed by atoms with Gasteiger partial charge in [-0.1, -0.05) is 0 Å². The van der Waals surface area contributed by atoms with Crippen molar-refractivity contribution in [2.45, 2.75) is 40.3 Å². The highest BCUT2D eigenvalue weighted by molar-refractivity contribution is 6.31. The molecule has 136 valence electrons. The van der Waals surface area contributed by atoms with Gasteiger partial charge in [-0.05, 0) is 57.5 Å². The van der Waals surface area contributed by atoms with E-state index >= 15 is 0 Å². The predicted octanol–water partition coefficient (Wildman–Crippen LogP) is 2.94. The maximum absolute atomic E-state index is 12.7. The number of hydrogen-bond acceptors (Lipinski definition) is 4. The fraction of sp³-hybridized carbons (Fsp3) is 0.316. The molecule has 7 heteroatoms. The van der Waals surface area contributed by atoms with Crippen molar-refractivity contribution in [2.75, 3.05) is 0 Å². The van der Waals surface area contributed by atoms with Crippen LogP contribution >= 0.6 is 0 Å². The Morgan fingerprint density at radius 1 is 1.23 bits per heavy atom. The highest BCUT2D eigenvalue weighted by atomic mass is 16.3. The molecular weight excluding hydrogens is 334 g/mol. The minimum absolute atomic E-state index is 0.0344. The Bertz CT molecular complexity index is 904. The van der Waals surface area contributed by atoms with Crippen molar-refractivity contribution in [3.63, 3.8) is 0 Å². The summed E-state index contributed by atoms with van der Waals surface area (Å²) < 4.78 is 7.32. The van der Waals surface area contributed by atoms with Crippen LogP contribution in [0.1, 0.15) is 42.6 Å². The van der Waals surface area contributed by atoms with Gasteiger partial charge in [-0.3, -0.25) is 19.8 Å². The molecule has 26 heavy (non-hydrogen) atoms. The van der Waals surface area contributed by atoms with Crippen LogP contribution in [0, 0.1) is 13.8 Å². The number of aromatic nitrogens is 1. The Kier molecular flexibility index (Phi) is 4.54. The van der Waals surface area contributed by atoms with Crippen LogP contribution < -0.4 is 5.32 Å². The molecule has 2 aromatic rings. The van der Waals surface area contributed by atoms with Gasteiger partial charge in [-0.15, -0.1) is 0 Å². The number of carbonyl (C=O) groups is 3. The first kappa shape index (κ1) is 17.7. The zero-order valence-corrected chi connectivity index (χ0v) is 15.2. The number of hydrogen-bond donors (Lipinski definition) is 1. The smallest absolute Gasteiger partial charge is 0.331 e. The number of urea groups is 1. The third-order valence-electron chi connectivity index (χ3n) is 4.42. The highest BCUT2D eigenvalue weighted by Crippen LogP contribution is 2.24. The molecule has 0 unspecified atom stereocenters. The Morgan fingerprint density at radius 3 is 2.54 bits per heavy atom. The molecule has 1 fully saturated rings. The molecule has 7 nitrogen and oxygen atoms in total. The number of rotatable bonds is 4. The van der Waals surface area contributed by atoms with Crippen LogP contribution in [0.4, 0.5) is 4.79 Å². The molecule has 3 rings (SSSR count). The normalized spacial score (nSPS) is 16.7. The minimum atomic E-state index is -0.749. The zero-order chi connectivity index (χ0) is 19.0. The van der Waals surface area contributed by atoms with Gasteiger partial charge < -0.3 is 8.98 Å². The lowest BCUT2D eigenvalue weighted by Crippen LogP contribution is -2.53. The lowest BCUT2D eigenvalue weighted by molar-refractivity contribution is -0.130. The molecule has 1 aliphatic heterocycles. The standard InChI is InChI=1S/C19H21N3O4/c1-11(2)22-12(3)8-14(13(22)4)9-16-17(23)20-19(25)21(18(16)24)10-15-6-5-7-26-15/h5-9,11H,10H2,1-4H3,(H,20,23,25). The summed E-state index contributed by atoms with van der Waals surface area (Å²) in [5.41, 5.74) is 2.71. The van der Waals surface area contributed by atoms with Gasteiger partial charge >= 0.3 is 6.03 Å². The first-order chi connectivity index (χ1) is 12.3. The van der Waals surface area contributed by atoms with Crippen LogP contribution in [0.15, 0.2) is 34.5 Å².